The summed E-state index contributed by atoms with van der Waals surface area (Å²) in [7, 11) is 0. The molecule has 1 N–H and O–H groups in total. The van der Waals surface area contributed by atoms with E-state index in [1.165, 1.54) is 12.3 Å². The molecular weight excluding hydrogens is 133 g/mol. The molecule has 1 aromatic heterocycles. The first-order valence-electron chi connectivity index (χ1n) is 1.92. The van der Waals surface area contributed by atoms with Crippen LogP contribution in [0.5, 0.6) is 5.88 Å². The Kier molecular flexibility index (Phi) is 4.29. The summed E-state index contributed by atoms with van der Waals surface area (Å²) in [6, 6.07) is 1.49. The van der Waals surface area contributed by atoms with Crippen LogP contribution in [-0.4, -0.2) is 10.2 Å². The molecule has 1 heterocycles. The van der Waals surface area contributed by atoms with Crippen molar-refractivity contribution in [3.05, 3.63) is 17.2 Å². The minimum absolute atomic E-state index is 0. The van der Waals surface area contributed by atoms with Crippen molar-refractivity contribution in [1.29, 1.82) is 0 Å². The largest absolute Gasteiger partial charge is 1.00 e. The molecule has 9 heavy (non-hydrogen) atoms. The molecule has 0 radical (unpaired) electrons. The summed E-state index contributed by atoms with van der Waals surface area (Å²) < 4.78 is 0. The van der Waals surface area contributed by atoms with Crippen molar-refractivity contribution in [2.45, 2.75) is 0 Å². The molecule has 0 unspecified atom stereocenters. The number of nitrogens with zero attached hydrogens (tertiary/aromatic N) is 2. The molecule has 0 fully saturated rings. The molecular formula is C3H4N3NaO2. The van der Waals surface area contributed by atoms with E-state index in [9.17, 15) is 4.91 Å². The van der Waals surface area contributed by atoms with Crippen molar-refractivity contribution in [1.82, 2.24) is 10.2 Å². The van der Waals surface area contributed by atoms with Gasteiger partial charge >= 0.3 is 29.6 Å². The van der Waals surface area contributed by atoms with Crippen LogP contribution in [0, 0.1) is 4.91 Å². The van der Waals surface area contributed by atoms with Crippen molar-refractivity contribution >= 4 is 0 Å². The van der Waals surface area contributed by atoms with Crippen LogP contribution in [0.3, 0.4) is 0 Å². The number of aromatic nitrogens is 2. The van der Waals surface area contributed by atoms with Crippen LogP contribution in [0.4, 0.5) is 0 Å². The van der Waals surface area contributed by atoms with E-state index >= 15 is 0 Å². The first kappa shape index (κ1) is 8.61. The van der Waals surface area contributed by atoms with Gasteiger partial charge in [0, 0.05) is 6.07 Å². The van der Waals surface area contributed by atoms with Gasteiger partial charge in [0.05, 0.1) is 6.20 Å². The molecule has 0 atom stereocenters. The van der Waals surface area contributed by atoms with Crippen LogP contribution in [0.1, 0.15) is 1.43 Å². The Balaban J connectivity index is 0. The quantitative estimate of drug-likeness (QED) is 0.280. The Labute approximate surface area is 74.5 Å². The summed E-state index contributed by atoms with van der Waals surface area (Å²) in [6.07, 6.45) is 1.46. The summed E-state index contributed by atoms with van der Waals surface area (Å²) in [5.41, 5.74) is 0. The molecule has 0 spiro atoms. The molecule has 44 valence electrons. The fraction of sp³-hybridized carbons (Fsp3) is 0. The Morgan fingerprint density at radius 2 is 2.67 bits per heavy atom. The van der Waals surface area contributed by atoms with E-state index in [-0.39, 0.29) is 36.9 Å². The molecule has 1 rings (SSSR count). The minimum atomic E-state index is 0. The maximum absolute atomic E-state index is 9.35. The van der Waals surface area contributed by atoms with Gasteiger partial charge < -0.3 is 6.26 Å². The van der Waals surface area contributed by atoms with Crippen LogP contribution in [0.25, 0.3) is 0 Å². The van der Waals surface area contributed by atoms with Crippen LogP contribution < -0.4 is 34.4 Å². The summed E-state index contributed by atoms with van der Waals surface area (Å²) in [6.45, 7) is 0. The second kappa shape index (κ2) is 4.49. The Morgan fingerprint density at radius 1 is 1.89 bits per heavy atom. The molecule has 0 aromatic carbocycles. The van der Waals surface area contributed by atoms with Gasteiger partial charge in [-0.15, -0.1) is 4.91 Å². The second-order valence-electron chi connectivity index (χ2n) is 1.09. The SMILES string of the molecule is O=NOc1ccn[nH]1.[H-].[Na+]. The first-order valence-corrected chi connectivity index (χ1v) is 1.92. The zero-order chi connectivity index (χ0) is 5.82. The van der Waals surface area contributed by atoms with Crippen molar-refractivity contribution in [3.63, 3.8) is 0 Å². The number of hydrogen-bond acceptors (Lipinski definition) is 4. The monoisotopic (exact) mass is 137 g/mol. The molecule has 0 aliphatic carbocycles. The molecule has 5 nitrogen and oxygen atoms in total. The molecule has 0 bridgehead atoms. The number of hydrogen-bond donors (Lipinski definition) is 1. The Hall–Kier alpha value is -0.390. The standard InChI is InChI=1S/C3H3N3O2.Na.H/c7-6-8-3-1-2-4-5-3;;/h1-2H,(H,4,5);;/q;+1;-1. The second-order valence-corrected chi connectivity index (χ2v) is 1.09. The topological polar surface area (TPSA) is 67.3 Å². The summed E-state index contributed by atoms with van der Waals surface area (Å²) >= 11 is 0. The molecule has 0 aliphatic rings. The van der Waals surface area contributed by atoms with E-state index in [1.807, 2.05) is 0 Å². The van der Waals surface area contributed by atoms with E-state index in [0.29, 0.717) is 0 Å². The number of rotatable bonds is 2. The smallest absolute Gasteiger partial charge is 1.00 e. The predicted molar refractivity (Wildman–Crippen MR) is 26.1 cm³/mol. The number of aromatic amines is 1. The van der Waals surface area contributed by atoms with E-state index in [4.69, 9.17) is 0 Å². The molecule has 1 aromatic rings. The predicted octanol–water partition coefficient (Wildman–Crippen LogP) is -2.41. The maximum Gasteiger partial charge on any atom is 1.00 e. The zero-order valence-electron chi connectivity index (χ0n) is 5.87. The van der Waals surface area contributed by atoms with Gasteiger partial charge in [-0.05, 0) is 0 Å². The van der Waals surface area contributed by atoms with Gasteiger partial charge in [-0.1, -0.05) is 0 Å². The molecule has 0 amide bonds. The molecule has 6 heteroatoms. The average Bonchev–Trinajstić information content (AvgIpc) is 2.19. The number of nitrogens with one attached hydrogen (secondary N) is 1. The van der Waals surface area contributed by atoms with Gasteiger partial charge in [0.15, 0.2) is 5.34 Å². The fourth-order valence-corrected chi connectivity index (χ4v) is 0.334. The van der Waals surface area contributed by atoms with Crippen molar-refractivity contribution in [2.24, 2.45) is 5.34 Å². The van der Waals surface area contributed by atoms with Gasteiger partial charge in [-0.25, -0.2) is 5.10 Å². The Morgan fingerprint density at radius 3 is 3.11 bits per heavy atom. The molecule has 0 saturated carbocycles. The van der Waals surface area contributed by atoms with Crippen LogP contribution >= 0.6 is 0 Å². The van der Waals surface area contributed by atoms with Gasteiger partial charge in [0.1, 0.15) is 0 Å². The third kappa shape index (κ3) is 2.59. The van der Waals surface area contributed by atoms with E-state index in [2.05, 4.69) is 20.4 Å². The maximum atomic E-state index is 9.35. The minimum Gasteiger partial charge on any atom is -1.00 e. The van der Waals surface area contributed by atoms with Gasteiger partial charge in [-0.2, -0.15) is 5.10 Å². The van der Waals surface area contributed by atoms with Crippen molar-refractivity contribution in [3.8, 4) is 5.88 Å². The molecule has 0 aliphatic heterocycles. The van der Waals surface area contributed by atoms with Crippen molar-refractivity contribution in [2.75, 3.05) is 0 Å². The molecule has 0 saturated heterocycles. The number of H-pyrrole nitrogens is 1. The van der Waals surface area contributed by atoms with E-state index < -0.39 is 0 Å². The van der Waals surface area contributed by atoms with Crippen LogP contribution in [-0.2, 0) is 0 Å². The van der Waals surface area contributed by atoms with Gasteiger partial charge in [0.2, 0.25) is 5.88 Å². The van der Waals surface area contributed by atoms with E-state index in [1.54, 1.807) is 0 Å². The third-order valence-corrected chi connectivity index (χ3v) is 0.611. The van der Waals surface area contributed by atoms with Crippen LogP contribution in [0.2, 0.25) is 0 Å². The Bertz CT molecular complexity index is 168. The first-order chi connectivity index (χ1) is 3.93. The van der Waals surface area contributed by atoms with Gasteiger partial charge in [-0.3, -0.25) is 0 Å². The normalized spacial score (nSPS) is 7.56. The van der Waals surface area contributed by atoms with Gasteiger partial charge in [0.25, 0.3) is 0 Å². The third-order valence-electron chi connectivity index (χ3n) is 0.611. The fourth-order valence-electron chi connectivity index (χ4n) is 0.334. The summed E-state index contributed by atoms with van der Waals surface area (Å²) in [4.78, 5) is 13.4. The average molecular weight is 137 g/mol. The van der Waals surface area contributed by atoms with Crippen LogP contribution in [0.15, 0.2) is 17.6 Å². The van der Waals surface area contributed by atoms with E-state index in [0.717, 1.165) is 0 Å². The summed E-state index contributed by atoms with van der Waals surface area (Å²) in [5, 5.41) is 8.02. The summed E-state index contributed by atoms with van der Waals surface area (Å²) in [5.74, 6) is 0.250. The van der Waals surface area contributed by atoms with Crippen molar-refractivity contribution < 1.29 is 35.8 Å². The zero-order valence-corrected chi connectivity index (χ0v) is 6.87.